The van der Waals surface area contributed by atoms with Crippen molar-refractivity contribution in [3.8, 4) is 0 Å². The van der Waals surface area contributed by atoms with Crippen molar-refractivity contribution in [2.75, 3.05) is 31.1 Å². The maximum atomic E-state index is 3.41. The van der Waals surface area contributed by atoms with Gasteiger partial charge in [0.2, 0.25) is 0 Å². The van der Waals surface area contributed by atoms with Gasteiger partial charge in [-0.1, -0.05) is 70.0 Å². The molecule has 1 fully saturated rings. The zero-order chi connectivity index (χ0) is 21.9. The van der Waals surface area contributed by atoms with Crippen LogP contribution in [0.3, 0.4) is 0 Å². The highest BCUT2D eigenvalue weighted by Gasteiger charge is 2.16. The molecular weight excluding hydrogens is 376 g/mol. The van der Waals surface area contributed by atoms with Gasteiger partial charge in [0.25, 0.3) is 0 Å². The van der Waals surface area contributed by atoms with Crippen LogP contribution in [0.2, 0.25) is 0 Å². The molecule has 0 saturated carbocycles. The Bertz CT molecular complexity index is 759. The summed E-state index contributed by atoms with van der Waals surface area (Å²) in [6.45, 7) is 11.6. The van der Waals surface area contributed by atoms with Crippen molar-refractivity contribution >= 4 is 5.69 Å². The first-order chi connectivity index (χ1) is 15.2. The highest BCUT2D eigenvalue weighted by atomic mass is 15.1. The minimum absolute atomic E-state index is 0.794. The molecule has 0 aliphatic carbocycles. The van der Waals surface area contributed by atoms with Gasteiger partial charge >= 0.3 is 0 Å². The number of hydrogen-bond acceptors (Lipinski definition) is 2. The van der Waals surface area contributed by atoms with Gasteiger partial charge in [-0.15, -0.1) is 0 Å². The minimum Gasteiger partial charge on any atom is -0.371 e. The summed E-state index contributed by atoms with van der Waals surface area (Å²) in [5.74, 6) is 0.794. The van der Waals surface area contributed by atoms with E-state index in [0.717, 1.165) is 18.8 Å². The van der Waals surface area contributed by atoms with Crippen LogP contribution in [0.15, 0.2) is 42.5 Å². The molecule has 170 valence electrons. The van der Waals surface area contributed by atoms with E-state index >= 15 is 0 Å². The maximum Gasteiger partial charge on any atom is 0.0401 e. The van der Waals surface area contributed by atoms with E-state index in [1.165, 1.54) is 93.5 Å². The van der Waals surface area contributed by atoms with Crippen molar-refractivity contribution in [3.63, 3.8) is 0 Å². The van der Waals surface area contributed by atoms with E-state index in [9.17, 15) is 0 Å². The van der Waals surface area contributed by atoms with Crippen molar-refractivity contribution in [1.29, 1.82) is 0 Å². The van der Waals surface area contributed by atoms with Gasteiger partial charge in [0.15, 0.2) is 0 Å². The predicted octanol–water partition coefficient (Wildman–Crippen LogP) is 6.91. The number of nitrogens with zero attached hydrogens (tertiary/aromatic N) is 1. The standard InChI is InChI=1S/C16H25N.C13H19N/c1-3-5-6-11-17-12-7-8-15-10-9-14(4-2)13-16(15)17;1-2-11-3-5-12(6-4-11)13-7-9-14-10-8-13/h9-10,13H,3-8,11-12H2,1-2H3;3-6,13-14H,2,7-10H2,1H3. The number of unbranched alkanes of at least 4 members (excludes halogenated alkanes) is 2. The van der Waals surface area contributed by atoms with Crippen LogP contribution in [0.5, 0.6) is 0 Å². The zero-order valence-corrected chi connectivity index (χ0v) is 20.3. The Hall–Kier alpha value is -1.80. The zero-order valence-electron chi connectivity index (χ0n) is 20.3. The molecule has 0 unspecified atom stereocenters. The quantitative estimate of drug-likeness (QED) is 0.490. The third-order valence-corrected chi connectivity index (χ3v) is 7.00. The highest BCUT2D eigenvalue weighted by Crippen LogP contribution is 2.29. The topological polar surface area (TPSA) is 15.3 Å². The summed E-state index contributed by atoms with van der Waals surface area (Å²) < 4.78 is 0. The van der Waals surface area contributed by atoms with E-state index in [-0.39, 0.29) is 0 Å². The SMILES string of the molecule is CCCCCN1CCCc2ccc(CC)cc21.CCc1ccc(C2CCNCC2)cc1. The molecule has 0 aromatic heterocycles. The Morgan fingerprint density at radius 3 is 2.26 bits per heavy atom. The predicted molar refractivity (Wildman–Crippen MR) is 137 cm³/mol. The molecule has 2 aliphatic rings. The van der Waals surface area contributed by atoms with Crippen LogP contribution in [-0.2, 0) is 19.3 Å². The fraction of sp³-hybridized carbons (Fsp3) is 0.586. The number of aryl methyl sites for hydroxylation is 3. The number of benzene rings is 2. The molecular formula is C29H44N2. The van der Waals surface area contributed by atoms with Crippen LogP contribution in [-0.4, -0.2) is 26.2 Å². The van der Waals surface area contributed by atoms with Crippen molar-refractivity contribution in [1.82, 2.24) is 5.32 Å². The van der Waals surface area contributed by atoms with E-state index < -0.39 is 0 Å². The number of piperidine rings is 1. The Kier molecular flexibility index (Phi) is 9.93. The molecule has 1 N–H and O–H groups in total. The first-order valence-electron chi connectivity index (χ1n) is 12.9. The normalized spacial score (nSPS) is 16.4. The smallest absolute Gasteiger partial charge is 0.0401 e. The molecule has 0 atom stereocenters. The largest absolute Gasteiger partial charge is 0.371 e. The highest BCUT2D eigenvalue weighted by molar-refractivity contribution is 5.57. The summed E-state index contributed by atoms with van der Waals surface area (Å²) in [5, 5.41) is 3.41. The lowest BCUT2D eigenvalue weighted by atomic mass is 9.90. The fourth-order valence-corrected chi connectivity index (χ4v) is 4.88. The van der Waals surface area contributed by atoms with E-state index in [1.807, 2.05) is 0 Å². The van der Waals surface area contributed by atoms with Gasteiger partial charge in [0.1, 0.15) is 0 Å². The summed E-state index contributed by atoms with van der Waals surface area (Å²) in [7, 11) is 0. The van der Waals surface area contributed by atoms with Crippen LogP contribution in [0.4, 0.5) is 5.69 Å². The molecule has 0 radical (unpaired) electrons. The molecule has 2 aromatic carbocycles. The van der Waals surface area contributed by atoms with Gasteiger partial charge in [0.05, 0.1) is 0 Å². The van der Waals surface area contributed by atoms with Gasteiger partial charge in [-0.3, -0.25) is 0 Å². The van der Waals surface area contributed by atoms with Crippen LogP contribution in [0.1, 0.15) is 87.5 Å². The van der Waals surface area contributed by atoms with E-state index in [2.05, 4.69) is 73.5 Å². The summed E-state index contributed by atoms with van der Waals surface area (Å²) in [6, 6.07) is 16.2. The average molecular weight is 421 g/mol. The van der Waals surface area contributed by atoms with Gasteiger partial charge < -0.3 is 10.2 Å². The van der Waals surface area contributed by atoms with Gasteiger partial charge in [-0.05, 0) is 92.3 Å². The second-order valence-corrected chi connectivity index (χ2v) is 9.23. The molecule has 2 heterocycles. The maximum absolute atomic E-state index is 3.41. The van der Waals surface area contributed by atoms with E-state index in [4.69, 9.17) is 0 Å². The Morgan fingerprint density at radius 1 is 0.871 bits per heavy atom. The lowest BCUT2D eigenvalue weighted by molar-refractivity contribution is 0.460. The number of rotatable bonds is 7. The Morgan fingerprint density at radius 2 is 1.58 bits per heavy atom. The summed E-state index contributed by atoms with van der Waals surface area (Å²) >= 11 is 0. The second kappa shape index (κ2) is 12.9. The molecule has 2 heteroatoms. The average Bonchev–Trinajstić information content (AvgIpc) is 2.85. The lowest BCUT2D eigenvalue weighted by Gasteiger charge is -2.32. The third kappa shape index (κ3) is 7.10. The van der Waals surface area contributed by atoms with Crippen LogP contribution in [0.25, 0.3) is 0 Å². The van der Waals surface area contributed by atoms with Gasteiger partial charge in [-0.2, -0.15) is 0 Å². The monoisotopic (exact) mass is 420 g/mol. The van der Waals surface area contributed by atoms with E-state index in [1.54, 1.807) is 5.56 Å². The summed E-state index contributed by atoms with van der Waals surface area (Å²) in [6.07, 6.45) is 11.5. The molecule has 4 rings (SSSR count). The lowest BCUT2D eigenvalue weighted by Crippen LogP contribution is -2.30. The molecule has 2 aliphatic heterocycles. The van der Waals surface area contributed by atoms with Crippen LogP contribution in [0, 0.1) is 0 Å². The molecule has 0 bridgehead atoms. The van der Waals surface area contributed by atoms with Gasteiger partial charge in [-0.25, -0.2) is 0 Å². The molecule has 0 spiro atoms. The van der Waals surface area contributed by atoms with Gasteiger partial charge in [0, 0.05) is 18.8 Å². The number of hydrogen-bond donors (Lipinski definition) is 1. The second-order valence-electron chi connectivity index (χ2n) is 9.23. The van der Waals surface area contributed by atoms with Crippen LogP contribution >= 0.6 is 0 Å². The van der Waals surface area contributed by atoms with Crippen LogP contribution < -0.4 is 10.2 Å². The Labute approximate surface area is 191 Å². The molecule has 1 saturated heterocycles. The van der Waals surface area contributed by atoms with Crippen molar-refractivity contribution in [3.05, 3.63) is 64.7 Å². The molecule has 2 nitrogen and oxygen atoms in total. The number of fused-ring (bicyclic) bond motifs is 1. The summed E-state index contributed by atoms with van der Waals surface area (Å²) in [5.41, 5.74) is 7.54. The first-order valence-corrected chi connectivity index (χ1v) is 12.9. The molecule has 2 aromatic rings. The van der Waals surface area contributed by atoms with Crippen molar-refractivity contribution < 1.29 is 0 Å². The summed E-state index contributed by atoms with van der Waals surface area (Å²) in [4.78, 5) is 2.60. The Balaban J connectivity index is 0.000000179. The van der Waals surface area contributed by atoms with Crippen molar-refractivity contribution in [2.24, 2.45) is 0 Å². The van der Waals surface area contributed by atoms with E-state index in [0.29, 0.717) is 0 Å². The number of anilines is 1. The van der Waals surface area contributed by atoms with Crippen molar-refractivity contribution in [2.45, 2.75) is 84.5 Å². The third-order valence-electron chi connectivity index (χ3n) is 7.00. The minimum atomic E-state index is 0.794. The molecule has 31 heavy (non-hydrogen) atoms. The molecule has 0 amide bonds. The number of nitrogens with one attached hydrogen (secondary N) is 1. The fourth-order valence-electron chi connectivity index (χ4n) is 4.88. The first kappa shape index (κ1) is 23.9.